The van der Waals surface area contributed by atoms with E-state index in [1.54, 1.807) is 18.2 Å². The number of carbonyl (C=O) groups excluding carboxylic acids is 3. The molecule has 3 amide bonds. The third-order valence-corrected chi connectivity index (χ3v) is 2.30. The molecule has 1 aromatic carbocycles. The monoisotopic (exact) mass is 265 g/mol. The molecule has 0 aromatic heterocycles. The van der Waals surface area contributed by atoms with Gasteiger partial charge < -0.3 is 21.1 Å². The molecule has 4 N–H and O–H groups in total. The molecule has 19 heavy (non-hydrogen) atoms. The number of anilines is 1. The Bertz CT molecular complexity index is 502. The smallest absolute Gasteiger partial charge is 0.337 e. The minimum Gasteiger partial charge on any atom is -0.465 e. The van der Waals surface area contributed by atoms with Crippen molar-refractivity contribution < 1.29 is 19.1 Å². The minimum absolute atomic E-state index is 0.316. The molecule has 0 aliphatic rings. The summed E-state index contributed by atoms with van der Waals surface area (Å²) in [5, 5.41) is 4.80. The fourth-order valence-electron chi connectivity index (χ4n) is 1.37. The number of carbonyl (C=O) groups is 3. The predicted molar refractivity (Wildman–Crippen MR) is 68.6 cm³/mol. The van der Waals surface area contributed by atoms with Gasteiger partial charge in [-0.1, -0.05) is 6.07 Å². The average molecular weight is 265 g/mol. The SMILES string of the molecule is COC(=O)c1cccc(NC(=O)[C@H](C)NC(N)=O)c1. The van der Waals surface area contributed by atoms with Crippen molar-refractivity contribution in [1.29, 1.82) is 0 Å². The maximum atomic E-state index is 11.7. The van der Waals surface area contributed by atoms with Crippen LogP contribution in [0.5, 0.6) is 0 Å². The van der Waals surface area contributed by atoms with Crippen molar-refractivity contribution in [1.82, 2.24) is 5.32 Å². The van der Waals surface area contributed by atoms with E-state index in [1.165, 1.54) is 20.1 Å². The van der Waals surface area contributed by atoms with Crippen molar-refractivity contribution in [3.8, 4) is 0 Å². The highest BCUT2D eigenvalue weighted by Gasteiger charge is 2.14. The van der Waals surface area contributed by atoms with E-state index in [0.29, 0.717) is 11.3 Å². The first-order chi connectivity index (χ1) is 8.93. The molecule has 0 spiro atoms. The Hall–Kier alpha value is -2.57. The first kappa shape index (κ1) is 14.5. The van der Waals surface area contributed by atoms with E-state index in [9.17, 15) is 14.4 Å². The summed E-state index contributed by atoms with van der Waals surface area (Å²) in [5.74, 6) is -0.944. The predicted octanol–water partition coefficient (Wildman–Crippen LogP) is 0.469. The van der Waals surface area contributed by atoms with Gasteiger partial charge in [-0.3, -0.25) is 4.79 Å². The normalized spacial score (nSPS) is 11.3. The largest absolute Gasteiger partial charge is 0.465 e. The molecule has 0 aliphatic carbocycles. The summed E-state index contributed by atoms with van der Waals surface area (Å²) in [6.07, 6.45) is 0. The van der Waals surface area contributed by atoms with Crippen molar-refractivity contribution in [3.63, 3.8) is 0 Å². The number of nitrogens with two attached hydrogens (primary N) is 1. The van der Waals surface area contributed by atoms with Crippen molar-refractivity contribution in [3.05, 3.63) is 29.8 Å². The number of ether oxygens (including phenoxy) is 1. The zero-order chi connectivity index (χ0) is 14.4. The highest BCUT2D eigenvalue weighted by Crippen LogP contribution is 2.11. The molecule has 1 aromatic rings. The van der Waals surface area contributed by atoms with Gasteiger partial charge >= 0.3 is 12.0 Å². The topological polar surface area (TPSA) is 111 Å². The molecule has 0 heterocycles. The fraction of sp³-hybridized carbons (Fsp3) is 0.250. The minimum atomic E-state index is -0.786. The maximum absolute atomic E-state index is 11.7. The Morgan fingerprint density at radius 1 is 1.32 bits per heavy atom. The van der Waals surface area contributed by atoms with Crippen LogP contribution in [0, 0.1) is 0 Å². The Morgan fingerprint density at radius 2 is 2.00 bits per heavy atom. The van der Waals surface area contributed by atoms with Gasteiger partial charge in [-0.15, -0.1) is 0 Å². The van der Waals surface area contributed by atoms with Gasteiger partial charge in [0.1, 0.15) is 6.04 Å². The van der Waals surface area contributed by atoms with Crippen molar-refractivity contribution in [2.45, 2.75) is 13.0 Å². The lowest BCUT2D eigenvalue weighted by Crippen LogP contribution is -2.44. The molecule has 0 saturated heterocycles. The van der Waals surface area contributed by atoms with Gasteiger partial charge in [-0.25, -0.2) is 9.59 Å². The van der Waals surface area contributed by atoms with Crippen LogP contribution >= 0.6 is 0 Å². The number of rotatable bonds is 4. The highest BCUT2D eigenvalue weighted by molar-refractivity contribution is 5.98. The third-order valence-electron chi connectivity index (χ3n) is 2.30. The highest BCUT2D eigenvalue weighted by atomic mass is 16.5. The van der Waals surface area contributed by atoms with Crippen molar-refractivity contribution in [2.24, 2.45) is 5.73 Å². The number of primary amides is 1. The van der Waals surface area contributed by atoms with Gasteiger partial charge in [-0.05, 0) is 25.1 Å². The van der Waals surface area contributed by atoms with E-state index in [1.807, 2.05) is 0 Å². The second kappa shape index (κ2) is 6.39. The number of amides is 3. The molecule has 0 bridgehead atoms. The van der Waals surface area contributed by atoms with Gasteiger partial charge in [0, 0.05) is 5.69 Å². The van der Waals surface area contributed by atoms with Gasteiger partial charge in [0.15, 0.2) is 0 Å². The summed E-state index contributed by atoms with van der Waals surface area (Å²) in [5.41, 5.74) is 5.65. The van der Waals surface area contributed by atoms with Gasteiger partial charge in [0.25, 0.3) is 0 Å². The summed E-state index contributed by atoms with van der Waals surface area (Å²) in [6.45, 7) is 1.49. The molecule has 0 saturated carbocycles. The fourth-order valence-corrected chi connectivity index (χ4v) is 1.37. The van der Waals surface area contributed by atoms with Crippen LogP contribution in [0.15, 0.2) is 24.3 Å². The number of nitrogens with one attached hydrogen (secondary N) is 2. The zero-order valence-corrected chi connectivity index (χ0v) is 10.6. The van der Waals surface area contributed by atoms with Crippen LogP contribution < -0.4 is 16.4 Å². The second-order valence-corrected chi connectivity index (χ2v) is 3.79. The Balaban J connectivity index is 2.74. The van der Waals surface area contributed by atoms with Crippen LogP contribution in [0.1, 0.15) is 17.3 Å². The summed E-state index contributed by atoms with van der Waals surface area (Å²) in [7, 11) is 1.27. The van der Waals surface area contributed by atoms with Crippen LogP contribution in [0.25, 0.3) is 0 Å². The number of hydrogen-bond acceptors (Lipinski definition) is 4. The third kappa shape index (κ3) is 4.30. The van der Waals surface area contributed by atoms with Crippen LogP contribution in [0.2, 0.25) is 0 Å². The number of esters is 1. The molecular formula is C12H15N3O4. The Kier molecular flexibility index (Phi) is 4.87. The first-order valence-corrected chi connectivity index (χ1v) is 5.49. The second-order valence-electron chi connectivity index (χ2n) is 3.79. The molecule has 0 radical (unpaired) electrons. The molecule has 7 heteroatoms. The lowest BCUT2D eigenvalue weighted by atomic mass is 10.2. The lowest BCUT2D eigenvalue weighted by molar-refractivity contribution is -0.117. The van der Waals surface area contributed by atoms with Crippen molar-refractivity contribution in [2.75, 3.05) is 12.4 Å². The van der Waals surface area contributed by atoms with Gasteiger partial charge in [0.2, 0.25) is 5.91 Å². The van der Waals surface area contributed by atoms with Crippen LogP contribution in [-0.2, 0) is 9.53 Å². The van der Waals surface area contributed by atoms with Crippen molar-refractivity contribution >= 4 is 23.6 Å². The lowest BCUT2D eigenvalue weighted by Gasteiger charge is -2.12. The molecule has 1 rings (SSSR count). The number of urea groups is 1. The van der Waals surface area contributed by atoms with Crippen LogP contribution in [0.4, 0.5) is 10.5 Å². The molecular weight excluding hydrogens is 250 g/mol. The Morgan fingerprint density at radius 3 is 2.58 bits per heavy atom. The van der Waals surface area contributed by atoms with E-state index < -0.39 is 23.9 Å². The average Bonchev–Trinajstić information content (AvgIpc) is 2.37. The van der Waals surface area contributed by atoms with E-state index in [0.717, 1.165) is 0 Å². The summed E-state index contributed by atoms with van der Waals surface area (Å²) < 4.78 is 4.57. The van der Waals surface area contributed by atoms with Crippen LogP contribution in [-0.4, -0.2) is 31.1 Å². The molecule has 1 atom stereocenters. The molecule has 0 aliphatic heterocycles. The molecule has 7 nitrogen and oxygen atoms in total. The zero-order valence-electron chi connectivity index (χ0n) is 10.6. The van der Waals surface area contributed by atoms with E-state index in [2.05, 4.69) is 15.4 Å². The van der Waals surface area contributed by atoms with Gasteiger partial charge in [0.05, 0.1) is 12.7 Å². The Labute approximate surface area is 110 Å². The number of methoxy groups -OCH3 is 1. The molecule has 0 fully saturated rings. The number of hydrogen-bond donors (Lipinski definition) is 3. The first-order valence-electron chi connectivity index (χ1n) is 5.49. The summed E-state index contributed by atoms with van der Waals surface area (Å²) in [6, 6.07) is 4.69. The summed E-state index contributed by atoms with van der Waals surface area (Å²) >= 11 is 0. The van der Waals surface area contributed by atoms with Gasteiger partial charge in [-0.2, -0.15) is 0 Å². The van der Waals surface area contributed by atoms with E-state index in [-0.39, 0.29) is 0 Å². The molecule has 0 unspecified atom stereocenters. The summed E-state index contributed by atoms with van der Waals surface area (Å²) in [4.78, 5) is 33.6. The molecule has 102 valence electrons. The maximum Gasteiger partial charge on any atom is 0.337 e. The number of benzene rings is 1. The standard InChI is InChI=1S/C12H15N3O4/c1-7(14-12(13)18)10(16)15-9-5-3-4-8(6-9)11(17)19-2/h3-7H,1-2H3,(H,15,16)(H3,13,14,18)/t7-/m0/s1. The van der Waals surface area contributed by atoms with Crippen LogP contribution in [0.3, 0.4) is 0 Å². The van der Waals surface area contributed by atoms with E-state index >= 15 is 0 Å². The quantitative estimate of drug-likeness (QED) is 0.687. The van der Waals surface area contributed by atoms with E-state index in [4.69, 9.17) is 5.73 Å².